The summed E-state index contributed by atoms with van der Waals surface area (Å²) in [5, 5.41) is 9.32. The zero-order valence-corrected chi connectivity index (χ0v) is 7.79. The minimum Gasteiger partial charge on any atom is -0.387 e. The number of rotatable bonds is 4. The van der Waals surface area contributed by atoms with Gasteiger partial charge in [0.15, 0.2) is 0 Å². The number of quaternary nitrogens is 1. The van der Waals surface area contributed by atoms with Crippen LogP contribution in [-0.4, -0.2) is 49.2 Å². The molecule has 0 radical (unpaired) electrons. The summed E-state index contributed by atoms with van der Waals surface area (Å²) in [7, 11) is 5.97. The van der Waals surface area contributed by atoms with Gasteiger partial charge in [0.1, 0.15) is 18.4 Å². The van der Waals surface area contributed by atoms with Crippen molar-refractivity contribution in [1.29, 1.82) is 0 Å². The molecular weight excluding hydrogens is 142 g/mol. The molecular formula is C8H18NO2+. The standard InChI is InChI=1S/C8H18NO2/c1-7(10)5-8(11)6-9(2,3)4/h8,11H,5-6H2,1-4H3/q+1/t8-/m0/s1. The fraction of sp³-hybridized carbons (Fsp3) is 0.875. The molecule has 66 valence electrons. The fourth-order valence-corrected chi connectivity index (χ4v) is 1.03. The zero-order valence-electron chi connectivity index (χ0n) is 7.79. The summed E-state index contributed by atoms with van der Waals surface area (Å²) in [5.41, 5.74) is 0. The van der Waals surface area contributed by atoms with E-state index < -0.39 is 6.10 Å². The van der Waals surface area contributed by atoms with E-state index in [0.717, 1.165) is 0 Å². The maximum atomic E-state index is 10.6. The van der Waals surface area contributed by atoms with Crippen molar-refractivity contribution in [1.82, 2.24) is 0 Å². The molecule has 0 aliphatic rings. The van der Waals surface area contributed by atoms with Crippen LogP contribution in [0.5, 0.6) is 0 Å². The Hall–Kier alpha value is -0.410. The van der Waals surface area contributed by atoms with Crippen LogP contribution in [0, 0.1) is 0 Å². The Kier molecular flexibility index (Phi) is 3.69. The lowest BCUT2D eigenvalue weighted by molar-refractivity contribution is -0.873. The van der Waals surface area contributed by atoms with Crippen molar-refractivity contribution in [3.63, 3.8) is 0 Å². The molecule has 3 heteroatoms. The molecule has 0 saturated carbocycles. The topological polar surface area (TPSA) is 37.3 Å². The molecule has 0 heterocycles. The zero-order chi connectivity index (χ0) is 9.07. The Bertz CT molecular complexity index is 138. The second kappa shape index (κ2) is 3.83. The number of carbonyl (C=O) groups is 1. The second-order valence-electron chi connectivity index (χ2n) is 4.03. The van der Waals surface area contributed by atoms with E-state index in [-0.39, 0.29) is 12.2 Å². The summed E-state index contributed by atoms with van der Waals surface area (Å²) >= 11 is 0. The molecule has 1 N–H and O–H groups in total. The third-order valence-electron chi connectivity index (χ3n) is 1.28. The van der Waals surface area contributed by atoms with Crippen molar-refractivity contribution in [3.8, 4) is 0 Å². The average molecular weight is 160 g/mol. The summed E-state index contributed by atoms with van der Waals surface area (Å²) in [5.74, 6) is 0.0472. The SMILES string of the molecule is CC(=O)C[C@H](O)C[N+](C)(C)C. The van der Waals surface area contributed by atoms with Crippen LogP contribution in [0.25, 0.3) is 0 Å². The molecule has 0 spiro atoms. The van der Waals surface area contributed by atoms with Crippen LogP contribution >= 0.6 is 0 Å². The summed E-state index contributed by atoms with van der Waals surface area (Å²) in [4.78, 5) is 10.6. The summed E-state index contributed by atoms with van der Waals surface area (Å²) in [6, 6.07) is 0. The Morgan fingerprint density at radius 3 is 2.18 bits per heavy atom. The molecule has 0 unspecified atom stereocenters. The number of hydrogen-bond donors (Lipinski definition) is 1. The molecule has 0 aromatic heterocycles. The molecule has 0 aliphatic heterocycles. The Balaban J connectivity index is 3.69. The monoisotopic (exact) mass is 160 g/mol. The second-order valence-corrected chi connectivity index (χ2v) is 4.03. The van der Waals surface area contributed by atoms with E-state index in [0.29, 0.717) is 11.0 Å². The van der Waals surface area contributed by atoms with Gasteiger partial charge in [-0.15, -0.1) is 0 Å². The van der Waals surface area contributed by atoms with Gasteiger partial charge in [-0.05, 0) is 6.92 Å². The molecule has 0 fully saturated rings. The molecule has 0 bridgehead atoms. The van der Waals surface area contributed by atoms with Crippen molar-refractivity contribution in [2.24, 2.45) is 0 Å². The maximum Gasteiger partial charge on any atom is 0.132 e. The molecule has 3 nitrogen and oxygen atoms in total. The fourth-order valence-electron chi connectivity index (χ4n) is 1.03. The Labute approximate surface area is 68.2 Å². The van der Waals surface area contributed by atoms with E-state index in [2.05, 4.69) is 0 Å². The number of carbonyl (C=O) groups excluding carboxylic acids is 1. The van der Waals surface area contributed by atoms with Crippen LogP contribution < -0.4 is 0 Å². The van der Waals surface area contributed by atoms with Crippen LogP contribution in [0.4, 0.5) is 0 Å². The first-order valence-corrected chi connectivity index (χ1v) is 3.79. The summed E-state index contributed by atoms with van der Waals surface area (Å²) in [6.45, 7) is 2.12. The van der Waals surface area contributed by atoms with Crippen molar-refractivity contribution in [2.75, 3.05) is 27.7 Å². The molecule has 1 atom stereocenters. The van der Waals surface area contributed by atoms with Gasteiger partial charge >= 0.3 is 0 Å². The van der Waals surface area contributed by atoms with Crippen LogP contribution in [0.15, 0.2) is 0 Å². The highest BCUT2D eigenvalue weighted by molar-refractivity contribution is 5.75. The minimum atomic E-state index is -0.493. The van der Waals surface area contributed by atoms with Crippen molar-refractivity contribution >= 4 is 5.78 Å². The molecule has 0 aromatic rings. The van der Waals surface area contributed by atoms with Crippen LogP contribution in [0.3, 0.4) is 0 Å². The van der Waals surface area contributed by atoms with Gasteiger partial charge in [-0.2, -0.15) is 0 Å². The van der Waals surface area contributed by atoms with Crippen LogP contribution in [0.2, 0.25) is 0 Å². The van der Waals surface area contributed by atoms with E-state index in [1.54, 1.807) is 0 Å². The van der Waals surface area contributed by atoms with Crippen molar-refractivity contribution in [3.05, 3.63) is 0 Å². The first-order chi connectivity index (χ1) is 4.81. The Morgan fingerprint density at radius 2 is 1.91 bits per heavy atom. The number of hydrogen-bond acceptors (Lipinski definition) is 2. The quantitative estimate of drug-likeness (QED) is 0.589. The lowest BCUT2D eigenvalue weighted by Crippen LogP contribution is -2.41. The first-order valence-electron chi connectivity index (χ1n) is 3.79. The van der Waals surface area contributed by atoms with Gasteiger partial charge in [-0.25, -0.2) is 0 Å². The first kappa shape index (κ1) is 10.6. The molecule has 0 aromatic carbocycles. The van der Waals surface area contributed by atoms with E-state index in [9.17, 15) is 9.90 Å². The van der Waals surface area contributed by atoms with Gasteiger partial charge in [0.05, 0.1) is 21.1 Å². The molecule has 0 saturated heterocycles. The Morgan fingerprint density at radius 1 is 1.45 bits per heavy atom. The third-order valence-corrected chi connectivity index (χ3v) is 1.28. The smallest absolute Gasteiger partial charge is 0.132 e. The maximum absolute atomic E-state index is 10.6. The third kappa shape index (κ3) is 7.49. The van der Waals surface area contributed by atoms with E-state index >= 15 is 0 Å². The minimum absolute atomic E-state index is 0.0472. The number of aliphatic hydroxyl groups is 1. The highest BCUT2D eigenvalue weighted by Gasteiger charge is 2.16. The van der Waals surface area contributed by atoms with E-state index in [4.69, 9.17) is 0 Å². The number of nitrogens with zero attached hydrogens (tertiary/aromatic N) is 1. The van der Waals surface area contributed by atoms with Crippen molar-refractivity contribution in [2.45, 2.75) is 19.4 Å². The van der Waals surface area contributed by atoms with E-state index in [1.165, 1.54) is 6.92 Å². The largest absolute Gasteiger partial charge is 0.387 e. The van der Waals surface area contributed by atoms with Gasteiger partial charge < -0.3 is 9.59 Å². The number of likely N-dealkylation sites (N-methyl/N-ethyl adjacent to an activating group) is 1. The van der Waals surface area contributed by atoms with Crippen LogP contribution in [-0.2, 0) is 4.79 Å². The van der Waals surface area contributed by atoms with E-state index in [1.807, 2.05) is 21.1 Å². The number of ketones is 1. The van der Waals surface area contributed by atoms with Gasteiger partial charge in [0, 0.05) is 6.42 Å². The molecule has 0 aliphatic carbocycles. The summed E-state index contributed by atoms with van der Waals surface area (Å²) in [6.07, 6.45) is -0.220. The average Bonchev–Trinajstić information content (AvgIpc) is 1.53. The lowest BCUT2D eigenvalue weighted by Gasteiger charge is -2.26. The number of aliphatic hydroxyl groups excluding tert-OH is 1. The summed E-state index contributed by atoms with van der Waals surface area (Å²) < 4.78 is 0.689. The highest BCUT2D eigenvalue weighted by atomic mass is 16.3. The van der Waals surface area contributed by atoms with Gasteiger partial charge in [0.2, 0.25) is 0 Å². The van der Waals surface area contributed by atoms with Gasteiger partial charge in [0.25, 0.3) is 0 Å². The molecule has 0 amide bonds. The molecule has 11 heavy (non-hydrogen) atoms. The van der Waals surface area contributed by atoms with Crippen molar-refractivity contribution < 1.29 is 14.4 Å². The molecule has 0 rings (SSSR count). The number of Topliss-reactive ketones (excluding diaryl/α,β-unsaturated/α-hetero) is 1. The predicted molar refractivity (Wildman–Crippen MR) is 44.2 cm³/mol. The van der Waals surface area contributed by atoms with Gasteiger partial charge in [-0.1, -0.05) is 0 Å². The normalized spacial score (nSPS) is 14.6. The highest BCUT2D eigenvalue weighted by Crippen LogP contribution is 1.99. The van der Waals surface area contributed by atoms with Gasteiger partial charge in [-0.3, -0.25) is 4.79 Å². The lowest BCUT2D eigenvalue weighted by atomic mass is 10.2. The van der Waals surface area contributed by atoms with Crippen LogP contribution in [0.1, 0.15) is 13.3 Å². The predicted octanol–water partition coefficient (Wildman–Crippen LogP) is 0.0326.